The van der Waals surface area contributed by atoms with Crippen LogP contribution in [0.4, 0.5) is 5.69 Å². The topological polar surface area (TPSA) is 23.5 Å². The van der Waals surface area contributed by atoms with Crippen molar-refractivity contribution in [1.29, 1.82) is 0 Å². The zero-order valence-corrected chi connectivity index (χ0v) is 13.4. The van der Waals surface area contributed by atoms with Crippen molar-refractivity contribution in [3.63, 3.8) is 0 Å². The van der Waals surface area contributed by atoms with Crippen LogP contribution in [-0.4, -0.2) is 48.9 Å². The number of likely N-dealkylation sites (N-methyl/N-ethyl adjacent to an activating group) is 1. The first-order valence-electron chi connectivity index (χ1n) is 6.58. The van der Waals surface area contributed by atoms with E-state index in [4.69, 9.17) is 0 Å². The van der Waals surface area contributed by atoms with Crippen LogP contribution >= 0.6 is 0 Å². The third-order valence-electron chi connectivity index (χ3n) is 4.23. The Kier molecular flexibility index (Phi) is 5.72. The van der Waals surface area contributed by atoms with Gasteiger partial charge in [-0.1, -0.05) is 6.07 Å². The summed E-state index contributed by atoms with van der Waals surface area (Å²) in [6, 6.07) is 7.59. The largest absolute Gasteiger partial charge is 1.00 e. The van der Waals surface area contributed by atoms with E-state index in [1.165, 1.54) is 30.7 Å². The molecule has 0 aliphatic carbocycles. The zero-order valence-electron chi connectivity index (χ0n) is 11.3. The van der Waals surface area contributed by atoms with Gasteiger partial charge in [-0.25, -0.2) is 0 Å². The SMILES string of the molecule is CC[N+]1(CC)CCN(c2cccc(O)c2)CC1.[I-]. The number of rotatable bonds is 3. The number of quaternary nitrogens is 1. The number of phenols is 1. The number of anilines is 1. The number of piperazine rings is 1. The fraction of sp³-hybridized carbons (Fsp3) is 0.571. The minimum atomic E-state index is 0. The van der Waals surface area contributed by atoms with Crippen molar-refractivity contribution in [3.05, 3.63) is 24.3 Å². The van der Waals surface area contributed by atoms with Crippen LogP contribution < -0.4 is 28.9 Å². The maximum absolute atomic E-state index is 9.51. The minimum absolute atomic E-state index is 0. The molecule has 0 aromatic heterocycles. The molecule has 0 saturated carbocycles. The van der Waals surface area contributed by atoms with Crippen LogP contribution in [0.1, 0.15) is 13.8 Å². The summed E-state index contributed by atoms with van der Waals surface area (Å²) >= 11 is 0. The lowest BCUT2D eigenvalue weighted by molar-refractivity contribution is -0.925. The molecule has 0 atom stereocenters. The second kappa shape index (κ2) is 6.61. The molecule has 0 bridgehead atoms. The highest BCUT2D eigenvalue weighted by atomic mass is 127. The molecule has 1 aromatic rings. The molecule has 1 heterocycles. The van der Waals surface area contributed by atoms with E-state index < -0.39 is 0 Å². The summed E-state index contributed by atoms with van der Waals surface area (Å²) < 4.78 is 1.23. The second-order valence-corrected chi connectivity index (χ2v) is 4.93. The standard InChI is InChI=1S/C14H22N2O.HI/c1-3-16(4-2)10-8-15(9-11-16)13-6-5-7-14(17)12-13;/h5-7,12H,3-4,8-11H2,1-2H3;1H. The third kappa shape index (κ3) is 3.29. The van der Waals surface area contributed by atoms with Gasteiger partial charge >= 0.3 is 0 Å². The van der Waals surface area contributed by atoms with Gasteiger partial charge in [0.25, 0.3) is 0 Å². The van der Waals surface area contributed by atoms with Gasteiger partial charge in [0.05, 0.1) is 39.3 Å². The molecule has 0 spiro atoms. The second-order valence-electron chi connectivity index (χ2n) is 4.93. The first kappa shape index (κ1) is 15.6. The zero-order chi connectivity index (χ0) is 12.3. The predicted molar refractivity (Wildman–Crippen MR) is 71.4 cm³/mol. The van der Waals surface area contributed by atoms with Gasteiger partial charge in [-0.05, 0) is 26.0 Å². The number of hydrogen-bond acceptors (Lipinski definition) is 2. The van der Waals surface area contributed by atoms with E-state index in [1.54, 1.807) is 6.07 Å². The first-order valence-corrected chi connectivity index (χ1v) is 6.58. The van der Waals surface area contributed by atoms with Gasteiger partial charge in [0, 0.05) is 11.8 Å². The Morgan fingerprint density at radius 1 is 1.17 bits per heavy atom. The first-order chi connectivity index (χ1) is 8.19. The molecule has 2 rings (SSSR count). The molecule has 4 heteroatoms. The van der Waals surface area contributed by atoms with Crippen LogP contribution in [0.25, 0.3) is 0 Å². The van der Waals surface area contributed by atoms with E-state index in [9.17, 15) is 5.11 Å². The average molecular weight is 362 g/mol. The summed E-state index contributed by atoms with van der Waals surface area (Å²) in [4.78, 5) is 2.38. The Balaban J connectivity index is 0.00000162. The average Bonchev–Trinajstić information content (AvgIpc) is 2.39. The fourth-order valence-electron chi connectivity index (χ4n) is 2.69. The van der Waals surface area contributed by atoms with Crippen LogP contribution in [-0.2, 0) is 0 Å². The lowest BCUT2D eigenvalue weighted by atomic mass is 10.2. The molecule has 0 radical (unpaired) electrons. The number of phenolic OH excluding ortho intramolecular Hbond substituents is 1. The Labute approximate surface area is 127 Å². The maximum Gasteiger partial charge on any atom is 0.117 e. The highest BCUT2D eigenvalue weighted by molar-refractivity contribution is 5.50. The van der Waals surface area contributed by atoms with Gasteiger partial charge in [-0.2, -0.15) is 0 Å². The van der Waals surface area contributed by atoms with E-state index in [1.807, 2.05) is 12.1 Å². The number of halogens is 1. The number of hydrogen-bond donors (Lipinski definition) is 1. The minimum Gasteiger partial charge on any atom is -1.00 e. The monoisotopic (exact) mass is 362 g/mol. The lowest BCUT2D eigenvalue weighted by Gasteiger charge is -2.44. The van der Waals surface area contributed by atoms with E-state index in [0.29, 0.717) is 5.75 Å². The molecule has 1 saturated heterocycles. The van der Waals surface area contributed by atoms with Crippen molar-refractivity contribution in [1.82, 2.24) is 0 Å². The molecular formula is C14H23IN2O. The van der Waals surface area contributed by atoms with Crippen molar-refractivity contribution in [2.45, 2.75) is 13.8 Å². The van der Waals surface area contributed by atoms with Crippen LogP contribution in [0.2, 0.25) is 0 Å². The van der Waals surface area contributed by atoms with E-state index >= 15 is 0 Å². The van der Waals surface area contributed by atoms with E-state index in [2.05, 4.69) is 24.8 Å². The Morgan fingerprint density at radius 2 is 1.78 bits per heavy atom. The Morgan fingerprint density at radius 3 is 2.28 bits per heavy atom. The van der Waals surface area contributed by atoms with Crippen LogP contribution in [0, 0.1) is 0 Å². The van der Waals surface area contributed by atoms with Crippen LogP contribution in [0.15, 0.2) is 24.3 Å². The summed E-state index contributed by atoms with van der Waals surface area (Å²) in [5.74, 6) is 0.361. The molecular weight excluding hydrogens is 339 g/mol. The van der Waals surface area contributed by atoms with Gasteiger partial charge in [0.1, 0.15) is 5.75 Å². The van der Waals surface area contributed by atoms with Gasteiger partial charge in [0.15, 0.2) is 0 Å². The maximum atomic E-state index is 9.51. The molecule has 102 valence electrons. The van der Waals surface area contributed by atoms with E-state index in [0.717, 1.165) is 18.8 Å². The van der Waals surface area contributed by atoms with Crippen molar-refractivity contribution in [2.24, 2.45) is 0 Å². The molecule has 1 N–H and O–H groups in total. The molecule has 0 unspecified atom stereocenters. The number of nitrogens with zero attached hydrogens (tertiary/aromatic N) is 2. The molecule has 1 aliphatic heterocycles. The summed E-state index contributed by atoms with van der Waals surface area (Å²) in [5, 5.41) is 9.51. The van der Waals surface area contributed by atoms with Gasteiger partial charge in [0.2, 0.25) is 0 Å². The number of aromatic hydroxyl groups is 1. The van der Waals surface area contributed by atoms with Crippen LogP contribution in [0.5, 0.6) is 5.75 Å². The molecule has 18 heavy (non-hydrogen) atoms. The Bertz CT molecular complexity index is 370. The highest BCUT2D eigenvalue weighted by Crippen LogP contribution is 2.23. The van der Waals surface area contributed by atoms with Crippen molar-refractivity contribution in [2.75, 3.05) is 44.2 Å². The summed E-state index contributed by atoms with van der Waals surface area (Å²) in [6.45, 7) is 11.6. The quantitative estimate of drug-likeness (QED) is 0.555. The summed E-state index contributed by atoms with van der Waals surface area (Å²) in [6.07, 6.45) is 0. The summed E-state index contributed by atoms with van der Waals surface area (Å²) in [7, 11) is 0. The van der Waals surface area contributed by atoms with Crippen molar-refractivity contribution >= 4 is 5.69 Å². The fourth-order valence-corrected chi connectivity index (χ4v) is 2.69. The predicted octanol–water partition coefficient (Wildman–Crippen LogP) is -0.927. The molecule has 1 aromatic carbocycles. The molecule has 1 aliphatic rings. The normalized spacial score (nSPS) is 18.2. The molecule has 3 nitrogen and oxygen atoms in total. The Hall–Kier alpha value is -0.490. The highest BCUT2D eigenvalue weighted by Gasteiger charge is 2.29. The molecule has 1 fully saturated rings. The van der Waals surface area contributed by atoms with Gasteiger partial charge in [-0.15, -0.1) is 0 Å². The van der Waals surface area contributed by atoms with Gasteiger partial charge in [-0.3, -0.25) is 0 Å². The smallest absolute Gasteiger partial charge is 0.117 e. The van der Waals surface area contributed by atoms with Crippen molar-refractivity contribution < 1.29 is 33.6 Å². The summed E-state index contributed by atoms with van der Waals surface area (Å²) in [5.41, 5.74) is 1.15. The van der Waals surface area contributed by atoms with Crippen molar-refractivity contribution in [3.8, 4) is 5.75 Å². The van der Waals surface area contributed by atoms with Gasteiger partial charge < -0.3 is 38.5 Å². The number of benzene rings is 1. The molecule has 0 amide bonds. The third-order valence-corrected chi connectivity index (χ3v) is 4.23. The lowest BCUT2D eigenvalue weighted by Crippen LogP contribution is -3.00. The van der Waals surface area contributed by atoms with E-state index in [-0.39, 0.29) is 24.0 Å². The van der Waals surface area contributed by atoms with Crippen LogP contribution in [0.3, 0.4) is 0 Å².